The minimum absolute atomic E-state index is 0.0384. The summed E-state index contributed by atoms with van der Waals surface area (Å²) in [6.45, 7) is 10.2. The monoisotopic (exact) mass is 296 g/mol. The first kappa shape index (κ1) is 16.8. The Hall–Kier alpha value is -0.610. The van der Waals surface area contributed by atoms with Gasteiger partial charge in [-0.05, 0) is 51.5 Å². The topological polar surface area (TPSA) is 41.6 Å². The van der Waals surface area contributed by atoms with Gasteiger partial charge in [-0.3, -0.25) is 10.1 Å². The molecule has 2 unspecified atom stereocenters. The molecule has 2 atom stereocenters. The summed E-state index contributed by atoms with van der Waals surface area (Å²) in [6.07, 6.45) is 5.26. The van der Waals surface area contributed by atoms with E-state index in [1.54, 1.807) is 0 Å². The maximum Gasteiger partial charge on any atom is 0.326 e. The van der Waals surface area contributed by atoms with Gasteiger partial charge < -0.3 is 9.64 Å². The molecule has 0 aromatic heterocycles. The highest BCUT2D eigenvalue weighted by molar-refractivity contribution is 5.81. The van der Waals surface area contributed by atoms with Crippen LogP contribution in [0.4, 0.5) is 0 Å². The normalized spacial score (nSPS) is 29.9. The van der Waals surface area contributed by atoms with Crippen molar-refractivity contribution in [2.45, 2.75) is 77.4 Å². The zero-order valence-electron chi connectivity index (χ0n) is 14.4. The molecular formula is C17H32N2O2. The summed E-state index contributed by atoms with van der Waals surface area (Å²) in [6, 6.07) is 1.00. The lowest BCUT2D eigenvalue weighted by Crippen LogP contribution is -2.53. The lowest BCUT2D eigenvalue weighted by molar-refractivity contribution is -0.151. The summed E-state index contributed by atoms with van der Waals surface area (Å²) in [5.41, 5.74) is -0.151. The molecule has 0 heterocycles. The molecule has 0 aromatic carbocycles. The van der Waals surface area contributed by atoms with Crippen molar-refractivity contribution in [3.05, 3.63) is 0 Å². The number of rotatable bonds is 6. The van der Waals surface area contributed by atoms with Crippen LogP contribution in [0.5, 0.6) is 0 Å². The van der Waals surface area contributed by atoms with Crippen LogP contribution in [0, 0.1) is 5.41 Å². The highest BCUT2D eigenvalue weighted by atomic mass is 16.5. The van der Waals surface area contributed by atoms with Crippen molar-refractivity contribution in [3.8, 4) is 0 Å². The fourth-order valence-corrected chi connectivity index (χ4v) is 3.54. The second-order valence-electron chi connectivity index (χ2n) is 8.09. The van der Waals surface area contributed by atoms with Gasteiger partial charge in [0.05, 0.1) is 6.61 Å². The quantitative estimate of drug-likeness (QED) is 0.765. The Morgan fingerprint density at radius 1 is 1.33 bits per heavy atom. The van der Waals surface area contributed by atoms with Gasteiger partial charge in [-0.15, -0.1) is 0 Å². The Labute approximate surface area is 129 Å². The summed E-state index contributed by atoms with van der Waals surface area (Å²) in [5.74, 6) is -0.0384. The highest BCUT2D eigenvalue weighted by Crippen LogP contribution is 2.37. The first-order chi connectivity index (χ1) is 9.76. The van der Waals surface area contributed by atoms with Crippen LogP contribution >= 0.6 is 0 Å². The largest absolute Gasteiger partial charge is 0.465 e. The van der Waals surface area contributed by atoms with Gasteiger partial charge in [0.15, 0.2) is 0 Å². The van der Waals surface area contributed by atoms with Crippen LogP contribution in [0.2, 0.25) is 0 Å². The van der Waals surface area contributed by atoms with E-state index in [2.05, 4.69) is 38.0 Å². The van der Waals surface area contributed by atoms with Gasteiger partial charge in [0.1, 0.15) is 5.54 Å². The van der Waals surface area contributed by atoms with Crippen LogP contribution < -0.4 is 5.32 Å². The van der Waals surface area contributed by atoms with E-state index in [1.165, 1.54) is 12.8 Å². The summed E-state index contributed by atoms with van der Waals surface area (Å²) < 4.78 is 5.37. The van der Waals surface area contributed by atoms with Crippen molar-refractivity contribution in [1.82, 2.24) is 10.2 Å². The second-order valence-corrected chi connectivity index (χ2v) is 8.09. The number of carbonyl (C=O) groups excluding carboxylic acids is 1. The van der Waals surface area contributed by atoms with Crippen molar-refractivity contribution >= 4 is 5.97 Å². The summed E-state index contributed by atoms with van der Waals surface area (Å²) in [4.78, 5) is 14.9. The Bertz CT molecular complexity index is 373. The van der Waals surface area contributed by atoms with E-state index < -0.39 is 5.54 Å². The van der Waals surface area contributed by atoms with Crippen molar-refractivity contribution in [1.29, 1.82) is 0 Å². The van der Waals surface area contributed by atoms with E-state index in [0.717, 1.165) is 25.8 Å². The Morgan fingerprint density at radius 2 is 2.00 bits per heavy atom. The van der Waals surface area contributed by atoms with Crippen LogP contribution in [0.1, 0.15) is 59.8 Å². The fraction of sp³-hybridized carbons (Fsp3) is 0.941. The molecule has 0 amide bonds. The minimum Gasteiger partial charge on any atom is -0.465 e. The van der Waals surface area contributed by atoms with Gasteiger partial charge in [-0.1, -0.05) is 20.8 Å². The molecule has 2 saturated carbocycles. The number of ether oxygens (including phenoxy) is 1. The van der Waals surface area contributed by atoms with Crippen molar-refractivity contribution in [3.63, 3.8) is 0 Å². The summed E-state index contributed by atoms with van der Waals surface area (Å²) >= 11 is 0. The van der Waals surface area contributed by atoms with E-state index in [-0.39, 0.29) is 11.4 Å². The molecule has 0 radical (unpaired) electrons. The average Bonchev–Trinajstić information content (AvgIpc) is 3.04. The minimum atomic E-state index is -0.437. The predicted octanol–water partition coefficient (Wildman–Crippen LogP) is 2.57. The van der Waals surface area contributed by atoms with Gasteiger partial charge in [0.2, 0.25) is 0 Å². The molecule has 2 rings (SSSR count). The van der Waals surface area contributed by atoms with Crippen LogP contribution in [0.25, 0.3) is 0 Å². The molecule has 0 aromatic rings. The summed E-state index contributed by atoms with van der Waals surface area (Å²) in [5, 5.41) is 3.60. The maximum atomic E-state index is 12.5. The average molecular weight is 296 g/mol. The zero-order valence-corrected chi connectivity index (χ0v) is 14.4. The maximum absolute atomic E-state index is 12.5. The second kappa shape index (κ2) is 6.25. The molecule has 1 N–H and O–H groups in total. The molecular weight excluding hydrogens is 264 g/mol. The van der Waals surface area contributed by atoms with E-state index in [1.807, 2.05) is 6.92 Å². The van der Waals surface area contributed by atoms with Gasteiger partial charge >= 0.3 is 5.97 Å². The number of nitrogens with one attached hydrogen (secondary N) is 1. The molecule has 4 heteroatoms. The molecule has 21 heavy (non-hydrogen) atoms. The van der Waals surface area contributed by atoms with Crippen LogP contribution in [-0.4, -0.2) is 48.7 Å². The Kier molecular flexibility index (Phi) is 4.99. The third-order valence-corrected chi connectivity index (χ3v) is 4.56. The first-order valence-corrected chi connectivity index (χ1v) is 8.41. The van der Waals surface area contributed by atoms with Crippen LogP contribution in [0.3, 0.4) is 0 Å². The lowest BCUT2D eigenvalue weighted by Gasteiger charge is -2.33. The first-order valence-electron chi connectivity index (χ1n) is 8.41. The number of nitrogens with zero attached hydrogens (tertiary/aromatic N) is 1. The van der Waals surface area contributed by atoms with Gasteiger partial charge in [0.25, 0.3) is 0 Å². The van der Waals surface area contributed by atoms with Crippen molar-refractivity contribution in [2.75, 3.05) is 20.2 Å². The smallest absolute Gasteiger partial charge is 0.326 e. The molecule has 0 saturated heterocycles. The standard InChI is InChI=1S/C17H32N2O2/c1-6-21-15(20)17(18-13-7-8-13)10-9-14(11-17)19(5)12-16(2,3)4/h13-14,18H,6-12H2,1-5H3. The third kappa shape index (κ3) is 4.43. The van der Waals surface area contributed by atoms with Crippen LogP contribution in [0.15, 0.2) is 0 Å². The van der Waals surface area contributed by atoms with Gasteiger partial charge in [-0.2, -0.15) is 0 Å². The van der Waals surface area contributed by atoms with E-state index in [9.17, 15) is 4.79 Å². The van der Waals surface area contributed by atoms with Crippen molar-refractivity contribution in [2.24, 2.45) is 5.41 Å². The molecule has 0 bridgehead atoms. The Balaban J connectivity index is 2.01. The van der Waals surface area contributed by atoms with E-state index in [4.69, 9.17) is 4.74 Å². The molecule has 2 fully saturated rings. The lowest BCUT2D eigenvalue weighted by atomic mass is 9.94. The molecule has 122 valence electrons. The number of carbonyl (C=O) groups is 1. The molecule has 0 aliphatic heterocycles. The predicted molar refractivity (Wildman–Crippen MR) is 85.2 cm³/mol. The van der Waals surface area contributed by atoms with Gasteiger partial charge in [-0.25, -0.2) is 0 Å². The highest BCUT2D eigenvalue weighted by Gasteiger charge is 2.49. The molecule has 2 aliphatic rings. The SMILES string of the molecule is CCOC(=O)C1(NC2CC2)CCC(N(C)CC(C)(C)C)C1. The van der Waals surface area contributed by atoms with Crippen LogP contribution in [-0.2, 0) is 9.53 Å². The van der Waals surface area contributed by atoms with E-state index >= 15 is 0 Å². The number of hydrogen-bond donors (Lipinski definition) is 1. The third-order valence-electron chi connectivity index (χ3n) is 4.56. The van der Waals surface area contributed by atoms with Gasteiger partial charge in [0, 0.05) is 18.6 Å². The fourth-order valence-electron chi connectivity index (χ4n) is 3.54. The van der Waals surface area contributed by atoms with E-state index in [0.29, 0.717) is 18.7 Å². The summed E-state index contributed by atoms with van der Waals surface area (Å²) in [7, 11) is 2.19. The number of hydrogen-bond acceptors (Lipinski definition) is 4. The molecule has 2 aliphatic carbocycles. The zero-order chi connectivity index (χ0) is 15.7. The molecule has 0 spiro atoms. The van der Waals surface area contributed by atoms with Crippen molar-refractivity contribution < 1.29 is 9.53 Å². The number of esters is 1. The molecule has 4 nitrogen and oxygen atoms in total. The Morgan fingerprint density at radius 3 is 2.52 bits per heavy atom.